The third-order valence-corrected chi connectivity index (χ3v) is 7.42. The number of aliphatic hydroxyl groups excluding tert-OH is 1. The number of amides is 1. The first-order valence-electron chi connectivity index (χ1n) is 9.71. The summed E-state index contributed by atoms with van der Waals surface area (Å²) >= 11 is 0. The molecule has 1 aromatic carbocycles. The van der Waals surface area contributed by atoms with Crippen molar-refractivity contribution < 1.29 is 19.4 Å². The van der Waals surface area contributed by atoms with E-state index in [9.17, 15) is 9.90 Å². The highest BCUT2D eigenvalue weighted by Crippen LogP contribution is 2.61. The summed E-state index contributed by atoms with van der Waals surface area (Å²) in [4.78, 5) is 11.6. The Morgan fingerprint density at radius 2 is 2.04 bits per heavy atom. The molecule has 26 heavy (non-hydrogen) atoms. The van der Waals surface area contributed by atoms with E-state index in [1.54, 1.807) is 7.11 Å². The number of aliphatic hydroxyl groups is 1. The maximum Gasteiger partial charge on any atom is 0.411 e. The van der Waals surface area contributed by atoms with Gasteiger partial charge in [0.2, 0.25) is 0 Å². The third-order valence-electron chi connectivity index (χ3n) is 7.42. The van der Waals surface area contributed by atoms with Gasteiger partial charge in [-0.25, -0.2) is 4.79 Å². The van der Waals surface area contributed by atoms with Gasteiger partial charge in [0.05, 0.1) is 26.0 Å². The second-order valence-corrected chi connectivity index (χ2v) is 8.42. The van der Waals surface area contributed by atoms with E-state index in [4.69, 9.17) is 9.47 Å². The number of nitrogens with one attached hydrogen (secondary N) is 1. The minimum atomic E-state index is -0.481. The molecule has 1 aromatic rings. The van der Waals surface area contributed by atoms with E-state index >= 15 is 0 Å². The number of carbonyl (C=O) groups is 1. The molecule has 5 heteroatoms. The Kier molecular flexibility index (Phi) is 4.38. The fraction of sp³-hybridized carbons (Fsp3) is 0.667. The van der Waals surface area contributed by atoms with Crippen molar-refractivity contribution in [1.29, 1.82) is 0 Å². The summed E-state index contributed by atoms with van der Waals surface area (Å²) in [5, 5.41) is 13.3. The molecule has 1 amide bonds. The van der Waals surface area contributed by atoms with Gasteiger partial charge in [0.1, 0.15) is 5.75 Å². The van der Waals surface area contributed by atoms with Crippen molar-refractivity contribution in [2.24, 2.45) is 17.3 Å². The van der Waals surface area contributed by atoms with Crippen LogP contribution in [-0.4, -0.2) is 31.5 Å². The Morgan fingerprint density at radius 1 is 1.23 bits per heavy atom. The first kappa shape index (κ1) is 17.7. The Balaban J connectivity index is 1.67. The summed E-state index contributed by atoms with van der Waals surface area (Å²) in [5.41, 5.74) is 3.45. The van der Waals surface area contributed by atoms with Crippen molar-refractivity contribution in [3.8, 4) is 5.75 Å². The topological polar surface area (TPSA) is 67.8 Å². The van der Waals surface area contributed by atoms with Gasteiger partial charge in [-0.2, -0.15) is 0 Å². The summed E-state index contributed by atoms with van der Waals surface area (Å²) in [6, 6.07) is 4.17. The zero-order valence-electron chi connectivity index (χ0n) is 15.9. The van der Waals surface area contributed by atoms with Crippen LogP contribution in [0.15, 0.2) is 12.1 Å². The maximum atomic E-state index is 11.6. The van der Waals surface area contributed by atoms with Gasteiger partial charge in [-0.15, -0.1) is 0 Å². The smallest absolute Gasteiger partial charge is 0.411 e. The van der Waals surface area contributed by atoms with Gasteiger partial charge in [0, 0.05) is 0 Å². The number of ether oxygens (including phenoxy) is 2. The highest BCUT2D eigenvalue weighted by molar-refractivity contribution is 5.87. The highest BCUT2D eigenvalue weighted by Gasteiger charge is 2.54. The molecule has 3 aliphatic carbocycles. The van der Waals surface area contributed by atoms with E-state index in [2.05, 4.69) is 24.4 Å². The molecule has 0 aromatic heterocycles. The number of carbonyl (C=O) groups excluding carboxylic acids is 1. The van der Waals surface area contributed by atoms with Crippen LogP contribution < -0.4 is 10.1 Å². The lowest BCUT2D eigenvalue weighted by Crippen LogP contribution is -2.43. The maximum absolute atomic E-state index is 11.6. The molecule has 2 N–H and O–H groups in total. The summed E-state index contributed by atoms with van der Waals surface area (Å²) < 4.78 is 10.3. The van der Waals surface area contributed by atoms with Gasteiger partial charge in [-0.3, -0.25) is 5.32 Å². The van der Waals surface area contributed by atoms with Crippen molar-refractivity contribution in [3.05, 3.63) is 23.3 Å². The predicted octanol–water partition coefficient (Wildman–Crippen LogP) is 4.09. The van der Waals surface area contributed by atoms with Crippen LogP contribution in [-0.2, 0) is 11.2 Å². The largest absolute Gasteiger partial charge is 0.495 e. The van der Waals surface area contributed by atoms with Crippen molar-refractivity contribution in [2.75, 3.05) is 19.5 Å². The fourth-order valence-electron chi connectivity index (χ4n) is 6.00. The average molecular weight is 359 g/mol. The SMILES string of the molecule is COC(=O)Nc1cc2c(cc1OC)[C@H]1CC[C@]3(C)[C@@H](O)CC[C@H]3[C@@H]1CC2. The quantitative estimate of drug-likeness (QED) is 0.834. The molecule has 0 bridgehead atoms. The van der Waals surface area contributed by atoms with Crippen LogP contribution in [0.1, 0.15) is 56.1 Å². The molecule has 0 unspecified atom stereocenters. The normalized spacial score (nSPS) is 35.1. The zero-order valence-corrected chi connectivity index (χ0v) is 15.9. The molecule has 0 saturated heterocycles. The lowest BCUT2D eigenvalue weighted by molar-refractivity contribution is -0.0226. The van der Waals surface area contributed by atoms with Crippen LogP contribution in [0.25, 0.3) is 0 Å². The monoisotopic (exact) mass is 359 g/mol. The number of hydrogen-bond acceptors (Lipinski definition) is 4. The zero-order chi connectivity index (χ0) is 18.5. The van der Waals surface area contributed by atoms with Crippen molar-refractivity contribution in [2.45, 2.75) is 57.5 Å². The number of rotatable bonds is 2. The van der Waals surface area contributed by atoms with E-state index < -0.39 is 6.09 Å². The Bertz CT molecular complexity index is 718. The highest BCUT2D eigenvalue weighted by atomic mass is 16.5. The van der Waals surface area contributed by atoms with E-state index in [1.165, 1.54) is 18.2 Å². The van der Waals surface area contributed by atoms with Crippen molar-refractivity contribution in [3.63, 3.8) is 0 Å². The molecule has 5 atom stereocenters. The summed E-state index contributed by atoms with van der Waals surface area (Å²) in [6.45, 7) is 2.30. The van der Waals surface area contributed by atoms with Gasteiger partial charge in [-0.05, 0) is 85.0 Å². The predicted molar refractivity (Wildman–Crippen MR) is 99.6 cm³/mol. The molecular formula is C21H29NO4. The van der Waals surface area contributed by atoms with Crippen LogP contribution >= 0.6 is 0 Å². The number of methoxy groups -OCH3 is 2. The Hall–Kier alpha value is -1.75. The van der Waals surface area contributed by atoms with E-state index in [-0.39, 0.29) is 11.5 Å². The average Bonchev–Trinajstić information content (AvgIpc) is 2.95. The van der Waals surface area contributed by atoms with E-state index in [1.807, 2.05) is 0 Å². The molecule has 3 aliphatic rings. The summed E-state index contributed by atoms with van der Waals surface area (Å²) in [7, 11) is 3.00. The molecule has 2 fully saturated rings. The van der Waals surface area contributed by atoms with Gasteiger partial charge >= 0.3 is 6.09 Å². The second-order valence-electron chi connectivity index (χ2n) is 8.42. The molecule has 0 heterocycles. The van der Waals surface area contributed by atoms with Crippen LogP contribution in [0.4, 0.5) is 10.5 Å². The number of benzene rings is 1. The minimum Gasteiger partial charge on any atom is -0.495 e. The lowest BCUT2D eigenvalue weighted by Gasteiger charge is -2.50. The minimum absolute atomic E-state index is 0.0924. The number of anilines is 1. The lowest BCUT2D eigenvalue weighted by atomic mass is 9.55. The number of aryl methyl sites for hydroxylation is 1. The molecule has 0 radical (unpaired) electrons. The Morgan fingerprint density at radius 3 is 2.77 bits per heavy atom. The van der Waals surface area contributed by atoms with Crippen LogP contribution in [0.5, 0.6) is 5.75 Å². The second kappa shape index (κ2) is 6.45. The molecular weight excluding hydrogens is 330 g/mol. The van der Waals surface area contributed by atoms with Crippen molar-refractivity contribution in [1.82, 2.24) is 0 Å². The van der Waals surface area contributed by atoms with Crippen LogP contribution in [0.3, 0.4) is 0 Å². The Labute approximate surface area is 155 Å². The van der Waals surface area contributed by atoms with E-state index in [0.717, 1.165) is 38.5 Å². The van der Waals surface area contributed by atoms with E-state index in [0.29, 0.717) is 29.2 Å². The van der Waals surface area contributed by atoms with Gasteiger partial charge in [0.15, 0.2) is 0 Å². The fourth-order valence-corrected chi connectivity index (χ4v) is 6.00. The molecule has 5 nitrogen and oxygen atoms in total. The van der Waals surface area contributed by atoms with Gasteiger partial charge in [0.25, 0.3) is 0 Å². The molecule has 142 valence electrons. The summed E-state index contributed by atoms with van der Waals surface area (Å²) in [5.74, 6) is 2.48. The standard InChI is InChI=1S/C21H29NO4/c1-21-9-8-13-14(16(21)6-7-19(21)23)5-4-12-10-17(22-20(24)26-3)18(25-2)11-15(12)13/h10-11,13-14,16,19,23H,4-9H2,1-3H3,(H,22,24)/t13-,14+,16-,19-,21-/m0/s1. The first-order valence-corrected chi connectivity index (χ1v) is 9.71. The first-order chi connectivity index (χ1) is 12.5. The number of hydrogen-bond donors (Lipinski definition) is 2. The van der Waals surface area contributed by atoms with Gasteiger partial charge in [-0.1, -0.05) is 6.92 Å². The van der Waals surface area contributed by atoms with Crippen LogP contribution in [0, 0.1) is 17.3 Å². The molecule has 2 saturated carbocycles. The molecule has 0 aliphatic heterocycles. The third kappa shape index (κ3) is 2.59. The van der Waals surface area contributed by atoms with Crippen molar-refractivity contribution >= 4 is 11.8 Å². The number of fused-ring (bicyclic) bond motifs is 5. The molecule has 0 spiro atoms. The summed E-state index contributed by atoms with van der Waals surface area (Å²) in [6.07, 6.45) is 5.85. The van der Waals surface area contributed by atoms with Crippen LogP contribution in [0.2, 0.25) is 0 Å². The molecule has 4 rings (SSSR count). The van der Waals surface area contributed by atoms with Gasteiger partial charge < -0.3 is 14.6 Å².